The molecule has 0 atom stereocenters. The molecule has 0 saturated carbocycles. The van der Waals surface area contributed by atoms with Gasteiger partial charge >= 0.3 is 0 Å². The zero-order valence-corrected chi connectivity index (χ0v) is 7.90. The summed E-state index contributed by atoms with van der Waals surface area (Å²) < 4.78 is 0. The molecule has 11 heavy (non-hydrogen) atoms. The fraction of sp³-hybridized carbons (Fsp3) is 0.636. The summed E-state index contributed by atoms with van der Waals surface area (Å²) in [5.41, 5.74) is 1.54. The molecular formula is C11H20. The Morgan fingerprint density at radius 3 is 2.55 bits per heavy atom. The second kappa shape index (κ2) is 7.59. The summed E-state index contributed by atoms with van der Waals surface area (Å²) >= 11 is 0. The molecule has 0 aliphatic rings. The lowest BCUT2D eigenvalue weighted by molar-refractivity contribution is 0.804. The van der Waals surface area contributed by atoms with Crippen LogP contribution in [-0.4, -0.2) is 0 Å². The number of rotatable bonds is 6. The van der Waals surface area contributed by atoms with E-state index in [1.165, 1.54) is 31.3 Å². The Hall–Kier alpha value is -0.520. The Morgan fingerprint density at radius 1 is 1.36 bits per heavy atom. The van der Waals surface area contributed by atoms with Crippen LogP contribution in [0.15, 0.2) is 24.3 Å². The standard InChI is InChI=1S/C11H20/c1-4-7-8-10-11(6-3)9-5-2/h5,10H,2,4,6-9H2,1,3H3/b11-10+. The first-order valence-electron chi connectivity index (χ1n) is 4.63. The Balaban J connectivity index is 3.61. The highest BCUT2D eigenvalue weighted by molar-refractivity contribution is 5.05. The van der Waals surface area contributed by atoms with Crippen molar-refractivity contribution in [1.82, 2.24) is 0 Å². The van der Waals surface area contributed by atoms with Crippen molar-refractivity contribution in [1.29, 1.82) is 0 Å². The molecule has 0 aromatic heterocycles. The maximum Gasteiger partial charge on any atom is -0.0142 e. The topological polar surface area (TPSA) is 0 Å². The van der Waals surface area contributed by atoms with E-state index < -0.39 is 0 Å². The summed E-state index contributed by atoms with van der Waals surface area (Å²) in [7, 11) is 0. The highest BCUT2D eigenvalue weighted by atomic mass is 14.0. The van der Waals surface area contributed by atoms with Crippen molar-refractivity contribution in [3.63, 3.8) is 0 Å². The fourth-order valence-corrected chi connectivity index (χ4v) is 1.07. The third kappa shape index (κ3) is 5.90. The van der Waals surface area contributed by atoms with Crippen LogP contribution in [0, 0.1) is 0 Å². The van der Waals surface area contributed by atoms with Crippen LogP contribution >= 0.6 is 0 Å². The van der Waals surface area contributed by atoms with Gasteiger partial charge in [0.25, 0.3) is 0 Å². The molecule has 0 fully saturated rings. The van der Waals surface area contributed by atoms with Gasteiger partial charge in [-0.15, -0.1) is 6.58 Å². The first-order valence-corrected chi connectivity index (χ1v) is 4.63. The molecule has 0 aliphatic heterocycles. The van der Waals surface area contributed by atoms with E-state index in [-0.39, 0.29) is 0 Å². The van der Waals surface area contributed by atoms with Gasteiger partial charge in [-0.3, -0.25) is 0 Å². The normalized spacial score (nSPS) is 11.6. The molecule has 0 aromatic carbocycles. The Kier molecular flexibility index (Phi) is 7.23. The van der Waals surface area contributed by atoms with Crippen LogP contribution in [0.4, 0.5) is 0 Å². The number of allylic oxidation sites excluding steroid dienone is 3. The average molecular weight is 152 g/mol. The summed E-state index contributed by atoms with van der Waals surface area (Å²) in [4.78, 5) is 0. The summed E-state index contributed by atoms with van der Waals surface area (Å²) in [6.07, 6.45) is 10.5. The molecule has 0 bridgehead atoms. The lowest BCUT2D eigenvalue weighted by Crippen LogP contribution is -1.78. The predicted octanol–water partition coefficient (Wildman–Crippen LogP) is 4.09. The van der Waals surface area contributed by atoms with Gasteiger partial charge in [0.05, 0.1) is 0 Å². The maximum absolute atomic E-state index is 3.74. The van der Waals surface area contributed by atoms with Crippen LogP contribution in [0.3, 0.4) is 0 Å². The van der Waals surface area contributed by atoms with E-state index in [0.29, 0.717) is 0 Å². The minimum atomic E-state index is 1.07. The quantitative estimate of drug-likeness (QED) is 0.397. The van der Waals surface area contributed by atoms with Crippen molar-refractivity contribution in [2.75, 3.05) is 0 Å². The monoisotopic (exact) mass is 152 g/mol. The van der Waals surface area contributed by atoms with E-state index in [4.69, 9.17) is 0 Å². The molecular weight excluding hydrogens is 132 g/mol. The molecule has 64 valence electrons. The van der Waals surface area contributed by atoms with Crippen molar-refractivity contribution >= 4 is 0 Å². The van der Waals surface area contributed by atoms with E-state index in [2.05, 4.69) is 26.5 Å². The lowest BCUT2D eigenvalue weighted by atomic mass is 10.1. The van der Waals surface area contributed by atoms with Crippen molar-refractivity contribution in [2.45, 2.75) is 46.0 Å². The number of hydrogen-bond donors (Lipinski definition) is 0. The third-order valence-corrected chi connectivity index (χ3v) is 1.85. The molecule has 0 heteroatoms. The third-order valence-electron chi connectivity index (χ3n) is 1.85. The Morgan fingerprint density at radius 2 is 2.09 bits per heavy atom. The van der Waals surface area contributed by atoms with Crippen LogP contribution in [0.2, 0.25) is 0 Å². The fourth-order valence-electron chi connectivity index (χ4n) is 1.07. The molecule has 0 aliphatic carbocycles. The van der Waals surface area contributed by atoms with E-state index in [9.17, 15) is 0 Å². The van der Waals surface area contributed by atoms with E-state index in [1.807, 2.05) is 6.08 Å². The van der Waals surface area contributed by atoms with Crippen LogP contribution in [-0.2, 0) is 0 Å². The minimum absolute atomic E-state index is 1.07. The molecule has 0 saturated heterocycles. The van der Waals surface area contributed by atoms with E-state index >= 15 is 0 Å². The lowest BCUT2D eigenvalue weighted by Gasteiger charge is -1.99. The van der Waals surface area contributed by atoms with Crippen molar-refractivity contribution in [3.05, 3.63) is 24.3 Å². The van der Waals surface area contributed by atoms with Gasteiger partial charge < -0.3 is 0 Å². The summed E-state index contributed by atoms with van der Waals surface area (Å²) in [5.74, 6) is 0. The Bertz CT molecular complexity index is 120. The smallest absolute Gasteiger partial charge is 0.0142 e. The second-order valence-corrected chi connectivity index (χ2v) is 2.85. The van der Waals surface area contributed by atoms with E-state index in [0.717, 1.165) is 6.42 Å². The molecule has 0 unspecified atom stereocenters. The van der Waals surface area contributed by atoms with Crippen LogP contribution in [0.5, 0.6) is 0 Å². The molecule has 0 amide bonds. The Labute approximate surface area is 71.0 Å². The largest absolute Gasteiger partial charge is 0.103 e. The molecule has 0 heterocycles. The van der Waals surface area contributed by atoms with Gasteiger partial charge in [0.2, 0.25) is 0 Å². The number of unbranched alkanes of at least 4 members (excludes halogenated alkanes) is 2. The van der Waals surface area contributed by atoms with Gasteiger partial charge in [0.15, 0.2) is 0 Å². The number of hydrogen-bond acceptors (Lipinski definition) is 0. The van der Waals surface area contributed by atoms with Crippen molar-refractivity contribution in [2.24, 2.45) is 0 Å². The van der Waals surface area contributed by atoms with Gasteiger partial charge in [-0.2, -0.15) is 0 Å². The van der Waals surface area contributed by atoms with Crippen molar-refractivity contribution < 1.29 is 0 Å². The zero-order chi connectivity index (χ0) is 8.53. The minimum Gasteiger partial charge on any atom is -0.103 e. The summed E-state index contributed by atoms with van der Waals surface area (Å²) in [6.45, 7) is 8.17. The molecule has 0 aromatic rings. The van der Waals surface area contributed by atoms with Crippen LogP contribution in [0.1, 0.15) is 46.0 Å². The summed E-state index contributed by atoms with van der Waals surface area (Å²) in [5, 5.41) is 0. The zero-order valence-electron chi connectivity index (χ0n) is 7.90. The predicted molar refractivity (Wildman–Crippen MR) is 52.7 cm³/mol. The molecule has 0 rings (SSSR count). The summed E-state index contributed by atoms with van der Waals surface area (Å²) in [6, 6.07) is 0. The SMILES string of the molecule is C=CC/C(=C/CCCC)CC. The van der Waals surface area contributed by atoms with Gasteiger partial charge in [-0.1, -0.05) is 44.4 Å². The molecule has 0 radical (unpaired) electrons. The van der Waals surface area contributed by atoms with Gasteiger partial charge in [-0.25, -0.2) is 0 Å². The van der Waals surface area contributed by atoms with Crippen LogP contribution < -0.4 is 0 Å². The molecule has 0 nitrogen and oxygen atoms in total. The average Bonchev–Trinajstić information content (AvgIpc) is 2.03. The highest BCUT2D eigenvalue weighted by Gasteiger charge is 1.89. The molecule has 0 N–H and O–H groups in total. The van der Waals surface area contributed by atoms with Gasteiger partial charge in [-0.05, 0) is 19.3 Å². The van der Waals surface area contributed by atoms with Crippen molar-refractivity contribution in [3.8, 4) is 0 Å². The van der Waals surface area contributed by atoms with Gasteiger partial charge in [0, 0.05) is 0 Å². The molecule has 0 spiro atoms. The second-order valence-electron chi connectivity index (χ2n) is 2.85. The van der Waals surface area contributed by atoms with Crippen LogP contribution in [0.25, 0.3) is 0 Å². The maximum atomic E-state index is 3.74. The first kappa shape index (κ1) is 10.5. The first-order chi connectivity index (χ1) is 5.35. The van der Waals surface area contributed by atoms with Gasteiger partial charge in [0.1, 0.15) is 0 Å². The highest BCUT2D eigenvalue weighted by Crippen LogP contribution is 2.09. The van der Waals surface area contributed by atoms with E-state index in [1.54, 1.807) is 0 Å².